The Morgan fingerprint density at radius 2 is 1.80 bits per heavy atom. The summed E-state index contributed by atoms with van der Waals surface area (Å²) >= 11 is 0. The third-order valence-electron chi connectivity index (χ3n) is 4.19. The van der Waals surface area contributed by atoms with Crippen LogP contribution in [0.5, 0.6) is 0 Å². The molecular formula is C17H22ClN2-. The quantitative estimate of drug-likeness (QED) is 0.781. The Morgan fingerprint density at radius 3 is 2.50 bits per heavy atom. The molecule has 1 aliphatic rings. The number of nitrogens with zero attached hydrogens (tertiary/aromatic N) is 2. The van der Waals surface area contributed by atoms with Gasteiger partial charge in [-0.05, 0) is 50.8 Å². The predicted molar refractivity (Wildman–Crippen MR) is 81.8 cm³/mol. The number of rotatable bonds is 1. The summed E-state index contributed by atoms with van der Waals surface area (Å²) in [6.07, 6.45) is 2.60. The molecule has 0 unspecified atom stereocenters. The minimum Gasteiger partial charge on any atom is -1.00 e. The Balaban J connectivity index is 0.00000147. The number of anilines is 1. The lowest BCUT2D eigenvalue weighted by Crippen LogP contribution is -3.00. The van der Waals surface area contributed by atoms with Crippen LogP contribution in [0.2, 0.25) is 0 Å². The second-order valence-corrected chi connectivity index (χ2v) is 5.97. The van der Waals surface area contributed by atoms with Crippen molar-refractivity contribution in [1.82, 2.24) is 4.98 Å². The predicted octanol–water partition coefficient (Wildman–Crippen LogP) is 1.09. The third kappa shape index (κ3) is 2.90. The summed E-state index contributed by atoms with van der Waals surface area (Å²) in [5.41, 5.74) is 4.92. The van der Waals surface area contributed by atoms with Crippen molar-refractivity contribution in [3.8, 4) is 0 Å². The highest BCUT2D eigenvalue weighted by Crippen LogP contribution is 2.30. The zero-order valence-electron chi connectivity index (χ0n) is 12.5. The molecule has 3 heteroatoms. The summed E-state index contributed by atoms with van der Waals surface area (Å²) in [5, 5.41) is 1.31. The summed E-state index contributed by atoms with van der Waals surface area (Å²) < 4.78 is 0. The van der Waals surface area contributed by atoms with Crippen molar-refractivity contribution >= 4 is 16.6 Å². The maximum atomic E-state index is 4.66. The van der Waals surface area contributed by atoms with Gasteiger partial charge < -0.3 is 17.3 Å². The van der Waals surface area contributed by atoms with Gasteiger partial charge in [-0.3, -0.25) is 4.98 Å². The molecular weight excluding hydrogens is 268 g/mol. The monoisotopic (exact) mass is 289 g/mol. The van der Waals surface area contributed by atoms with E-state index in [0.717, 1.165) is 17.1 Å². The SMILES string of the molecule is Cc1ccc2nc(C)cc(N3CCC(C)CC3)c2c1.[Cl-]. The molecule has 2 nitrogen and oxygen atoms in total. The Kier molecular flexibility index (Phi) is 4.54. The van der Waals surface area contributed by atoms with Crippen LogP contribution >= 0.6 is 0 Å². The molecule has 0 aliphatic carbocycles. The number of hydrogen-bond acceptors (Lipinski definition) is 2. The van der Waals surface area contributed by atoms with Gasteiger partial charge in [0, 0.05) is 29.9 Å². The minimum absolute atomic E-state index is 0. The van der Waals surface area contributed by atoms with Crippen molar-refractivity contribution in [2.45, 2.75) is 33.6 Å². The van der Waals surface area contributed by atoms with Crippen LogP contribution < -0.4 is 17.3 Å². The molecule has 0 bridgehead atoms. The van der Waals surface area contributed by atoms with Crippen LogP contribution in [0.1, 0.15) is 31.0 Å². The molecule has 2 heterocycles. The van der Waals surface area contributed by atoms with Gasteiger partial charge in [0.05, 0.1) is 5.52 Å². The summed E-state index contributed by atoms with van der Waals surface area (Å²) in [5.74, 6) is 0.868. The molecule has 1 aromatic heterocycles. The highest BCUT2D eigenvalue weighted by atomic mass is 35.5. The van der Waals surface area contributed by atoms with Crippen LogP contribution in [0.15, 0.2) is 24.3 Å². The van der Waals surface area contributed by atoms with Crippen molar-refractivity contribution in [2.75, 3.05) is 18.0 Å². The van der Waals surface area contributed by atoms with Crippen LogP contribution in [0.3, 0.4) is 0 Å². The largest absolute Gasteiger partial charge is 1.00 e. The van der Waals surface area contributed by atoms with Crippen LogP contribution in [0.25, 0.3) is 10.9 Å². The average molecular weight is 290 g/mol. The molecule has 3 rings (SSSR count). The minimum atomic E-state index is 0. The zero-order valence-corrected chi connectivity index (χ0v) is 13.2. The molecule has 0 atom stereocenters. The molecule has 0 amide bonds. The standard InChI is InChI=1S/C17H22N2.ClH/c1-12-6-8-19(9-7-12)17-11-14(3)18-16-5-4-13(2)10-15(16)17;/h4-5,10-12H,6-9H2,1-3H3;1H/p-1. The number of pyridine rings is 1. The first-order valence-corrected chi connectivity index (χ1v) is 7.26. The lowest BCUT2D eigenvalue weighted by Gasteiger charge is -2.33. The summed E-state index contributed by atoms with van der Waals surface area (Å²) in [4.78, 5) is 7.20. The average Bonchev–Trinajstić information content (AvgIpc) is 2.39. The molecule has 1 aliphatic heterocycles. The second kappa shape index (κ2) is 6.01. The molecule has 2 aromatic rings. The second-order valence-electron chi connectivity index (χ2n) is 5.97. The van der Waals surface area contributed by atoms with E-state index >= 15 is 0 Å². The number of piperidine rings is 1. The molecule has 20 heavy (non-hydrogen) atoms. The topological polar surface area (TPSA) is 16.1 Å². The third-order valence-corrected chi connectivity index (χ3v) is 4.19. The zero-order chi connectivity index (χ0) is 13.4. The van der Waals surface area contributed by atoms with Gasteiger partial charge in [0.1, 0.15) is 0 Å². The molecule has 108 valence electrons. The van der Waals surface area contributed by atoms with E-state index < -0.39 is 0 Å². The van der Waals surface area contributed by atoms with E-state index in [9.17, 15) is 0 Å². The van der Waals surface area contributed by atoms with E-state index in [0.29, 0.717) is 0 Å². The van der Waals surface area contributed by atoms with Crippen molar-refractivity contribution in [3.63, 3.8) is 0 Å². The fourth-order valence-electron chi connectivity index (χ4n) is 2.96. The smallest absolute Gasteiger partial charge is 0.0726 e. The van der Waals surface area contributed by atoms with E-state index in [1.807, 2.05) is 0 Å². The lowest BCUT2D eigenvalue weighted by atomic mass is 9.98. The first-order valence-electron chi connectivity index (χ1n) is 7.26. The summed E-state index contributed by atoms with van der Waals surface area (Å²) in [6, 6.07) is 8.82. The van der Waals surface area contributed by atoms with Gasteiger partial charge >= 0.3 is 0 Å². The van der Waals surface area contributed by atoms with Crippen molar-refractivity contribution in [1.29, 1.82) is 0 Å². The van der Waals surface area contributed by atoms with E-state index in [1.54, 1.807) is 0 Å². The fourth-order valence-corrected chi connectivity index (χ4v) is 2.96. The van der Waals surface area contributed by atoms with Gasteiger partial charge in [0.15, 0.2) is 0 Å². The van der Waals surface area contributed by atoms with E-state index in [-0.39, 0.29) is 12.4 Å². The van der Waals surface area contributed by atoms with E-state index in [4.69, 9.17) is 0 Å². The number of aryl methyl sites for hydroxylation is 2. The summed E-state index contributed by atoms with van der Waals surface area (Å²) in [7, 11) is 0. The number of fused-ring (bicyclic) bond motifs is 1. The van der Waals surface area contributed by atoms with Crippen molar-refractivity contribution in [3.05, 3.63) is 35.5 Å². The Labute approximate surface area is 127 Å². The molecule has 0 spiro atoms. The normalized spacial score (nSPS) is 16.2. The number of hydrogen-bond donors (Lipinski definition) is 0. The van der Waals surface area contributed by atoms with Crippen LogP contribution in [-0.2, 0) is 0 Å². The van der Waals surface area contributed by atoms with Gasteiger partial charge in [-0.15, -0.1) is 0 Å². The Bertz CT molecular complexity index is 601. The van der Waals surface area contributed by atoms with Crippen LogP contribution in [0, 0.1) is 19.8 Å². The first kappa shape index (κ1) is 15.1. The van der Waals surface area contributed by atoms with Crippen molar-refractivity contribution < 1.29 is 12.4 Å². The first-order chi connectivity index (χ1) is 9.13. The molecule has 0 N–H and O–H groups in total. The maximum Gasteiger partial charge on any atom is 0.0726 e. The van der Waals surface area contributed by atoms with E-state index in [1.165, 1.54) is 42.6 Å². The highest BCUT2D eigenvalue weighted by molar-refractivity contribution is 5.92. The number of aromatic nitrogens is 1. The van der Waals surface area contributed by atoms with Crippen molar-refractivity contribution in [2.24, 2.45) is 5.92 Å². The molecule has 1 saturated heterocycles. The lowest BCUT2D eigenvalue weighted by molar-refractivity contribution is -0.00000417. The maximum absolute atomic E-state index is 4.66. The number of benzene rings is 1. The fraction of sp³-hybridized carbons (Fsp3) is 0.471. The molecule has 1 aromatic carbocycles. The summed E-state index contributed by atoms with van der Waals surface area (Å²) in [6.45, 7) is 8.95. The molecule has 0 radical (unpaired) electrons. The van der Waals surface area contributed by atoms with Crippen LogP contribution in [-0.4, -0.2) is 18.1 Å². The van der Waals surface area contributed by atoms with E-state index in [2.05, 4.69) is 54.9 Å². The van der Waals surface area contributed by atoms with Gasteiger partial charge in [-0.25, -0.2) is 0 Å². The van der Waals surface area contributed by atoms with Gasteiger partial charge in [0.2, 0.25) is 0 Å². The van der Waals surface area contributed by atoms with Gasteiger partial charge in [-0.2, -0.15) is 0 Å². The highest BCUT2D eigenvalue weighted by Gasteiger charge is 2.18. The Hall–Kier alpha value is -1.28. The van der Waals surface area contributed by atoms with Crippen LogP contribution in [0.4, 0.5) is 5.69 Å². The van der Waals surface area contributed by atoms with Gasteiger partial charge in [0.25, 0.3) is 0 Å². The number of halogens is 1. The molecule has 0 saturated carbocycles. The Morgan fingerprint density at radius 1 is 1.10 bits per heavy atom. The molecule has 1 fully saturated rings. The van der Waals surface area contributed by atoms with Gasteiger partial charge in [-0.1, -0.05) is 18.6 Å².